The van der Waals surface area contributed by atoms with Gasteiger partial charge in [-0.1, -0.05) is 81.4 Å². The summed E-state index contributed by atoms with van der Waals surface area (Å²) in [6.45, 7) is 5.33. The van der Waals surface area contributed by atoms with Crippen molar-refractivity contribution in [1.29, 1.82) is 0 Å². The van der Waals surface area contributed by atoms with Crippen LogP contribution in [-0.2, 0) is 9.53 Å². The predicted octanol–water partition coefficient (Wildman–Crippen LogP) is 5.28. The van der Waals surface area contributed by atoms with Crippen molar-refractivity contribution in [3.05, 3.63) is 89.5 Å². The Morgan fingerprint density at radius 3 is 2.00 bits per heavy atom. The van der Waals surface area contributed by atoms with Gasteiger partial charge in [-0.25, -0.2) is 9.59 Å². The van der Waals surface area contributed by atoms with E-state index in [1.54, 1.807) is 39.0 Å². The second kappa shape index (κ2) is 9.62. The molecule has 1 aliphatic carbocycles. The Balaban J connectivity index is 1.47. The zero-order valence-electron chi connectivity index (χ0n) is 19.9. The largest absolute Gasteiger partial charge is 0.480 e. The number of carboxylic acid groups (broad SMARTS) is 1. The van der Waals surface area contributed by atoms with Crippen LogP contribution in [0, 0.1) is 5.41 Å². The average Bonchev–Trinajstić information content (AvgIpc) is 3.14. The molecular formula is C28H28N2O5. The molecule has 0 aromatic heterocycles. The van der Waals surface area contributed by atoms with Crippen molar-refractivity contribution < 1.29 is 24.2 Å². The minimum atomic E-state index is -1.13. The van der Waals surface area contributed by atoms with Crippen molar-refractivity contribution in [1.82, 2.24) is 5.32 Å². The highest BCUT2D eigenvalue weighted by Crippen LogP contribution is 2.44. The summed E-state index contributed by atoms with van der Waals surface area (Å²) < 4.78 is 5.58. The number of carboxylic acids is 1. The van der Waals surface area contributed by atoms with E-state index in [9.17, 15) is 19.5 Å². The van der Waals surface area contributed by atoms with Gasteiger partial charge in [0.25, 0.3) is 5.91 Å². The number of carbonyl (C=O) groups excluding carboxylic acids is 2. The fraction of sp³-hybridized carbons (Fsp3) is 0.250. The number of anilines is 1. The molecule has 3 N–H and O–H groups in total. The van der Waals surface area contributed by atoms with Crippen LogP contribution >= 0.6 is 0 Å². The molecule has 3 aromatic carbocycles. The molecule has 0 bridgehead atoms. The van der Waals surface area contributed by atoms with Crippen LogP contribution in [-0.4, -0.2) is 35.7 Å². The summed E-state index contributed by atoms with van der Waals surface area (Å²) in [5.41, 5.74) is 4.15. The monoisotopic (exact) mass is 472 g/mol. The second-order valence-corrected chi connectivity index (χ2v) is 9.61. The van der Waals surface area contributed by atoms with Crippen molar-refractivity contribution in [2.45, 2.75) is 32.7 Å². The van der Waals surface area contributed by atoms with Crippen LogP contribution in [0.15, 0.2) is 72.8 Å². The first-order valence-electron chi connectivity index (χ1n) is 11.4. The zero-order chi connectivity index (χ0) is 25.2. The first-order valence-corrected chi connectivity index (χ1v) is 11.4. The predicted molar refractivity (Wildman–Crippen MR) is 133 cm³/mol. The number of aliphatic carboxylic acids is 1. The first-order chi connectivity index (χ1) is 16.7. The van der Waals surface area contributed by atoms with Crippen molar-refractivity contribution in [2.24, 2.45) is 5.41 Å². The molecule has 0 saturated heterocycles. The van der Waals surface area contributed by atoms with E-state index in [1.807, 2.05) is 36.4 Å². The number of para-hydroxylation sites is 1. The normalized spacial score (nSPS) is 13.3. The topological polar surface area (TPSA) is 105 Å². The Kier molecular flexibility index (Phi) is 6.60. The summed E-state index contributed by atoms with van der Waals surface area (Å²) in [6, 6.07) is 21.4. The Morgan fingerprint density at radius 2 is 1.43 bits per heavy atom. The molecule has 7 nitrogen and oxygen atoms in total. The number of fused-ring (bicyclic) bond motifs is 3. The molecule has 3 aromatic rings. The van der Waals surface area contributed by atoms with E-state index in [4.69, 9.17) is 4.74 Å². The maximum absolute atomic E-state index is 12.9. The van der Waals surface area contributed by atoms with Crippen molar-refractivity contribution in [3.63, 3.8) is 0 Å². The molecule has 2 amide bonds. The van der Waals surface area contributed by atoms with E-state index < -0.39 is 29.4 Å². The lowest BCUT2D eigenvalue weighted by atomic mass is 9.86. The van der Waals surface area contributed by atoms with Gasteiger partial charge in [0.2, 0.25) is 0 Å². The molecular weight excluding hydrogens is 444 g/mol. The number of hydrogen-bond acceptors (Lipinski definition) is 4. The zero-order valence-corrected chi connectivity index (χ0v) is 19.9. The minimum absolute atomic E-state index is 0.0881. The average molecular weight is 473 g/mol. The molecule has 7 heteroatoms. The summed E-state index contributed by atoms with van der Waals surface area (Å²) in [5, 5.41) is 14.7. The molecule has 0 aliphatic heterocycles. The lowest BCUT2D eigenvalue weighted by Crippen LogP contribution is -2.49. The SMILES string of the molecule is CC(C)(C)C(NC(=O)c1ccccc1NC(=O)OCC1c2ccccc2-c2ccccc21)C(=O)O. The van der Waals surface area contributed by atoms with Gasteiger partial charge in [0.1, 0.15) is 12.6 Å². The molecule has 0 saturated carbocycles. The molecule has 1 unspecified atom stereocenters. The number of nitrogens with one attached hydrogen (secondary N) is 2. The lowest BCUT2D eigenvalue weighted by Gasteiger charge is -2.28. The lowest BCUT2D eigenvalue weighted by molar-refractivity contribution is -0.142. The number of amides is 2. The third kappa shape index (κ3) is 5.04. The molecule has 4 rings (SSSR count). The summed E-state index contributed by atoms with van der Waals surface area (Å²) in [4.78, 5) is 37.2. The summed E-state index contributed by atoms with van der Waals surface area (Å²) in [6.07, 6.45) is -0.697. The second-order valence-electron chi connectivity index (χ2n) is 9.61. The number of rotatable bonds is 6. The van der Waals surface area contributed by atoms with Gasteiger partial charge in [0, 0.05) is 5.92 Å². The Morgan fingerprint density at radius 1 is 0.886 bits per heavy atom. The molecule has 1 aliphatic rings. The van der Waals surface area contributed by atoms with E-state index in [0.717, 1.165) is 22.3 Å². The highest BCUT2D eigenvalue weighted by molar-refractivity contribution is 6.04. The highest BCUT2D eigenvalue weighted by Gasteiger charge is 2.33. The Hall–Kier alpha value is -4.13. The Labute approximate surface area is 204 Å². The van der Waals surface area contributed by atoms with Gasteiger partial charge >= 0.3 is 12.1 Å². The quantitative estimate of drug-likeness (QED) is 0.453. The van der Waals surface area contributed by atoms with Gasteiger partial charge in [-0.2, -0.15) is 0 Å². The van der Waals surface area contributed by atoms with Crippen molar-refractivity contribution in [3.8, 4) is 11.1 Å². The van der Waals surface area contributed by atoms with Gasteiger partial charge in [-0.3, -0.25) is 10.1 Å². The number of carbonyl (C=O) groups is 3. The van der Waals surface area contributed by atoms with E-state index in [-0.39, 0.29) is 23.8 Å². The van der Waals surface area contributed by atoms with Gasteiger partial charge in [0.15, 0.2) is 0 Å². The van der Waals surface area contributed by atoms with E-state index in [0.29, 0.717) is 0 Å². The van der Waals surface area contributed by atoms with E-state index in [2.05, 4.69) is 22.8 Å². The van der Waals surface area contributed by atoms with E-state index >= 15 is 0 Å². The highest BCUT2D eigenvalue weighted by atomic mass is 16.5. The van der Waals surface area contributed by atoms with Gasteiger partial charge in [-0.05, 0) is 39.8 Å². The standard InChI is InChI=1S/C28H28N2O5/c1-28(2,3)24(26(32)33)30-25(31)21-14-8-9-15-23(21)29-27(34)35-16-22-19-12-6-4-10-17(19)18-11-5-7-13-20(18)22/h4-15,22,24H,16H2,1-3H3,(H,29,34)(H,30,31)(H,32,33). The van der Waals surface area contributed by atoms with Crippen LogP contribution < -0.4 is 10.6 Å². The molecule has 1 atom stereocenters. The van der Waals surface area contributed by atoms with Crippen LogP contribution in [0.5, 0.6) is 0 Å². The van der Waals surface area contributed by atoms with Crippen LogP contribution in [0.3, 0.4) is 0 Å². The fourth-order valence-electron chi connectivity index (χ4n) is 4.39. The van der Waals surface area contributed by atoms with Gasteiger partial charge in [-0.15, -0.1) is 0 Å². The molecule has 180 valence electrons. The maximum atomic E-state index is 12.9. The third-order valence-electron chi connectivity index (χ3n) is 6.14. The minimum Gasteiger partial charge on any atom is -0.480 e. The molecule has 35 heavy (non-hydrogen) atoms. The number of benzene rings is 3. The van der Waals surface area contributed by atoms with Crippen molar-refractivity contribution >= 4 is 23.7 Å². The summed E-state index contributed by atoms with van der Waals surface area (Å²) in [5.74, 6) is -1.82. The first kappa shape index (κ1) is 24.0. The third-order valence-corrected chi connectivity index (χ3v) is 6.14. The van der Waals surface area contributed by atoms with Crippen LogP contribution in [0.2, 0.25) is 0 Å². The maximum Gasteiger partial charge on any atom is 0.411 e. The van der Waals surface area contributed by atoms with Crippen LogP contribution in [0.25, 0.3) is 11.1 Å². The molecule has 0 heterocycles. The van der Waals surface area contributed by atoms with Gasteiger partial charge in [0.05, 0.1) is 11.3 Å². The van der Waals surface area contributed by atoms with Crippen molar-refractivity contribution in [2.75, 3.05) is 11.9 Å². The summed E-state index contributed by atoms with van der Waals surface area (Å²) >= 11 is 0. The van der Waals surface area contributed by atoms with E-state index in [1.165, 1.54) is 6.07 Å². The fourth-order valence-corrected chi connectivity index (χ4v) is 4.39. The molecule has 0 fully saturated rings. The number of hydrogen-bond donors (Lipinski definition) is 3. The van der Waals surface area contributed by atoms with Gasteiger partial charge < -0.3 is 15.2 Å². The van der Waals surface area contributed by atoms with Crippen LogP contribution in [0.4, 0.5) is 10.5 Å². The number of ether oxygens (including phenoxy) is 1. The smallest absolute Gasteiger partial charge is 0.411 e. The Bertz CT molecular complexity index is 1230. The van der Waals surface area contributed by atoms with Crippen LogP contribution in [0.1, 0.15) is 48.2 Å². The summed E-state index contributed by atoms with van der Waals surface area (Å²) in [7, 11) is 0. The molecule has 0 spiro atoms. The molecule has 0 radical (unpaired) electrons.